The quantitative estimate of drug-likeness (QED) is 0.584. The van der Waals surface area contributed by atoms with Gasteiger partial charge in [0, 0.05) is 20.9 Å². The molecule has 19 heavy (non-hydrogen) atoms. The number of benzene rings is 2. The summed E-state index contributed by atoms with van der Waals surface area (Å²) in [5.74, 6) is 0.248. The van der Waals surface area contributed by atoms with Crippen molar-refractivity contribution in [2.75, 3.05) is 0 Å². The number of aromatic hydroxyl groups is 1. The number of halogens is 2. The Morgan fingerprint density at radius 1 is 1.11 bits per heavy atom. The molecule has 0 aliphatic rings. The molecule has 1 heterocycles. The van der Waals surface area contributed by atoms with Gasteiger partial charge in [0.05, 0.1) is 10.2 Å². The van der Waals surface area contributed by atoms with Gasteiger partial charge in [0.2, 0.25) is 0 Å². The molecule has 0 amide bonds. The van der Waals surface area contributed by atoms with Crippen LogP contribution in [0.5, 0.6) is 5.75 Å². The Balaban J connectivity index is 2.33. The van der Waals surface area contributed by atoms with Crippen LogP contribution in [0.4, 0.5) is 0 Å². The van der Waals surface area contributed by atoms with E-state index in [1.807, 2.05) is 30.3 Å². The maximum atomic E-state index is 10.2. The largest absolute Gasteiger partial charge is 0.506 e. The van der Waals surface area contributed by atoms with Gasteiger partial charge in [-0.15, -0.1) is 0 Å². The molecule has 0 radical (unpaired) electrons. The number of aromatic amines is 1. The van der Waals surface area contributed by atoms with Crippen LogP contribution >= 0.6 is 31.9 Å². The number of H-pyrrole nitrogens is 1. The molecule has 0 atom stereocenters. The van der Waals surface area contributed by atoms with E-state index in [-0.39, 0.29) is 5.75 Å². The molecule has 96 valence electrons. The number of aryl methyl sites for hydroxylation is 1. The summed E-state index contributed by atoms with van der Waals surface area (Å²) in [7, 11) is 0. The first-order valence-electron chi connectivity index (χ1n) is 5.83. The van der Waals surface area contributed by atoms with Gasteiger partial charge in [0.25, 0.3) is 0 Å². The summed E-state index contributed by atoms with van der Waals surface area (Å²) >= 11 is 6.83. The van der Waals surface area contributed by atoms with Gasteiger partial charge in [-0.1, -0.05) is 34.1 Å². The molecule has 0 fully saturated rings. The lowest BCUT2D eigenvalue weighted by Gasteiger charge is -2.07. The Bertz CT molecular complexity index is 777. The second-order valence-electron chi connectivity index (χ2n) is 4.45. The van der Waals surface area contributed by atoms with Crippen LogP contribution in [-0.2, 0) is 0 Å². The fraction of sp³-hybridized carbons (Fsp3) is 0.0667. The van der Waals surface area contributed by atoms with Crippen LogP contribution in [0.25, 0.3) is 22.2 Å². The predicted octanol–water partition coefficient (Wildman–Crippen LogP) is 5.37. The highest BCUT2D eigenvalue weighted by atomic mass is 79.9. The van der Waals surface area contributed by atoms with Crippen LogP contribution in [0.3, 0.4) is 0 Å². The van der Waals surface area contributed by atoms with E-state index in [4.69, 9.17) is 0 Å². The molecule has 0 aliphatic heterocycles. The van der Waals surface area contributed by atoms with Gasteiger partial charge in [-0.05, 0) is 46.6 Å². The standard InChI is InChI=1S/C15H11Br2NO/c1-8-10-4-2-3-5-13(10)18-14(8)11-6-9(16)7-12(17)15(11)19/h2-7,18-19H,1H3. The number of nitrogens with one attached hydrogen (secondary N) is 1. The fourth-order valence-electron chi connectivity index (χ4n) is 2.31. The molecule has 0 bridgehead atoms. The van der Waals surface area contributed by atoms with Crippen LogP contribution < -0.4 is 0 Å². The first-order valence-corrected chi connectivity index (χ1v) is 7.42. The molecule has 3 aromatic rings. The minimum Gasteiger partial charge on any atom is -0.506 e. The lowest BCUT2D eigenvalue weighted by molar-refractivity contribution is 0.473. The van der Waals surface area contributed by atoms with E-state index in [2.05, 4.69) is 49.8 Å². The summed E-state index contributed by atoms with van der Waals surface area (Å²) in [6.45, 7) is 2.06. The highest BCUT2D eigenvalue weighted by Crippen LogP contribution is 2.40. The zero-order valence-corrected chi connectivity index (χ0v) is 13.3. The van der Waals surface area contributed by atoms with Crippen molar-refractivity contribution in [3.05, 3.63) is 50.9 Å². The number of hydrogen-bond acceptors (Lipinski definition) is 1. The summed E-state index contributed by atoms with van der Waals surface area (Å²) in [5, 5.41) is 11.4. The van der Waals surface area contributed by atoms with Gasteiger partial charge in [-0.25, -0.2) is 0 Å². The van der Waals surface area contributed by atoms with Gasteiger partial charge in [-0.2, -0.15) is 0 Å². The number of rotatable bonds is 1. The number of fused-ring (bicyclic) bond motifs is 1. The minimum absolute atomic E-state index is 0.248. The summed E-state index contributed by atoms with van der Waals surface area (Å²) in [5.41, 5.74) is 3.94. The third-order valence-corrected chi connectivity index (χ3v) is 4.33. The van der Waals surface area contributed by atoms with Crippen LogP contribution in [0.2, 0.25) is 0 Å². The molecule has 0 spiro atoms. The maximum Gasteiger partial charge on any atom is 0.139 e. The fourth-order valence-corrected chi connectivity index (χ4v) is 3.53. The number of hydrogen-bond donors (Lipinski definition) is 2. The van der Waals surface area contributed by atoms with Crippen molar-refractivity contribution in [2.24, 2.45) is 0 Å². The summed E-state index contributed by atoms with van der Waals surface area (Å²) in [6.07, 6.45) is 0. The van der Waals surface area contributed by atoms with Crippen molar-refractivity contribution in [1.82, 2.24) is 4.98 Å². The predicted molar refractivity (Wildman–Crippen MR) is 85.5 cm³/mol. The van der Waals surface area contributed by atoms with Crippen molar-refractivity contribution >= 4 is 42.8 Å². The van der Waals surface area contributed by atoms with Crippen LogP contribution in [0.15, 0.2) is 45.3 Å². The molecule has 0 unspecified atom stereocenters. The van der Waals surface area contributed by atoms with Crippen molar-refractivity contribution in [3.63, 3.8) is 0 Å². The Morgan fingerprint density at radius 2 is 1.84 bits per heavy atom. The molecule has 0 aliphatic carbocycles. The smallest absolute Gasteiger partial charge is 0.139 e. The molecule has 0 saturated heterocycles. The number of phenolic OH excluding ortho intramolecular Hbond substituents is 1. The van der Waals surface area contributed by atoms with Gasteiger partial charge in [-0.3, -0.25) is 0 Å². The average Bonchev–Trinajstić information content (AvgIpc) is 2.72. The lowest BCUT2D eigenvalue weighted by atomic mass is 10.1. The molecule has 2 aromatic carbocycles. The van der Waals surface area contributed by atoms with E-state index in [1.165, 1.54) is 5.39 Å². The lowest BCUT2D eigenvalue weighted by Crippen LogP contribution is -1.84. The van der Waals surface area contributed by atoms with Gasteiger partial charge in [0.1, 0.15) is 5.75 Å². The normalized spacial score (nSPS) is 11.1. The third kappa shape index (κ3) is 2.09. The molecular formula is C15H11Br2NO. The van der Waals surface area contributed by atoms with E-state index in [0.717, 1.165) is 26.8 Å². The van der Waals surface area contributed by atoms with Gasteiger partial charge < -0.3 is 10.1 Å². The molecule has 4 heteroatoms. The Morgan fingerprint density at radius 3 is 2.58 bits per heavy atom. The summed E-state index contributed by atoms with van der Waals surface area (Å²) in [6, 6.07) is 11.9. The topological polar surface area (TPSA) is 36.0 Å². The number of phenols is 1. The van der Waals surface area contributed by atoms with E-state index in [1.54, 1.807) is 0 Å². The highest BCUT2D eigenvalue weighted by Gasteiger charge is 2.15. The van der Waals surface area contributed by atoms with E-state index in [9.17, 15) is 5.11 Å². The van der Waals surface area contributed by atoms with Crippen LogP contribution in [0, 0.1) is 6.92 Å². The third-order valence-electron chi connectivity index (χ3n) is 3.26. The first-order chi connectivity index (χ1) is 9.08. The summed E-state index contributed by atoms with van der Waals surface area (Å²) in [4.78, 5) is 3.37. The highest BCUT2D eigenvalue weighted by molar-refractivity contribution is 9.11. The van der Waals surface area contributed by atoms with Crippen molar-refractivity contribution < 1.29 is 5.11 Å². The van der Waals surface area contributed by atoms with E-state index < -0.39 is 0 Å². The Kier molecular flexibility index (Phi) is 3.15. The van der Waals surface area contributed by atoms with Crippen LogP contribution in [0.1, 0.15) is 5.56 Å². The monoisotopic (exact) mass is 379 g/mol. The summed E-state index contributed by atoms with van der Waals surface area (Å²) < 4.78 is 1.60. The number of aromatic nitrogens is 1. The second-order valence-corrected chi connectivity index (χ2v) is 6.22. The Hall–Kier alpha value is -1.26. The zero-order valence-electron chi connectivity index (χ0n) is 10.2. The van der Waals surface area contributed by atoms with E-state index in [0.29, 0.717) is 4.47 Å². The van der Waals surface area contributed by atoms with E-state index >= 15 is 0 Å². The van der Waals surface area contributed by atoms with Crippen molar-refractivity contribution in [2.45, 2.75) is 6.92 Å². The zero-order chi connectivity index (χ0) is 13.6. The first kappa shape index (κ1) is 12.8. The molecule has 2 nitrogen and oxygen atoms in total. The molecule has 2 N–H and O–H groups in total. The molecule has 0 saturated carbocycles. The number of para-hydroxylation sites is 1. The SMILES string of the molecule is Cc1c(-c2cc(Br)cc(Br)c2O)[nH]c2ccccc12. The second kappa shape index (κ2) is 4.69. The molecular weight excluding hydrogens is 370 g/mol. The minimum atomic E-state index is 0.248. The maximum absolute atomic E-state index is 10.2. The average molecular weight is 381 g/mol. The van der Waals surface area contributed by atoms with Crippen molar-refractivity contribution in [1.29, 1.82) is 0 Å². The van der Waals surface area contributed by atoms with Gasteiger partial charge >= 0.3 is 0 Å². The van der Waals surface area contributed by atoms with Gasteiger partial charge in [0.15, 0.2) is 0 Å². The molecule has 3 rings (SSSR count). The van der Waals surface area contributed by atoms with Crippen molar-refractivity contribution in [3.8, 4) is 17.0 Å². The molecule has 1 aromatic heterocycles. The van der Waals surface area contributed by atoms with Crippen LogP contribution in [-0.4, -0.2) is 10.1 Å². The Labute approximate surface area is 127 Å².